The normalized spacial score (nSPS) is 10.6. The number of rotatable bonds is 6. The van der Waals surface area contributed by atoms with E-state index in [2.05, 4.69) is 9.98 Å². The number of benzene rings is 1. The van der Waals surface area contributed by atoms with Crippen molar-refractivity contribution in [1.82, 2.24) is 9.71 Å². The van der Waals surface area contributed by atoms with Gasteiger partial charge in [0, 0.05) is 17.4 Å². The average Bonchev–Trinajstić information content (AvgIpc) is 2.75. The van der Waals surface area contributed by atoms with E-state index in [1.54, 1.807) is 52.3 Å². The SMILES string of the molecule is COc1ccc(CSc2nc(F)ccc2C(=O)N=c2cc(C)n(O)c(C)c2)c(OC)c1. The standard InChI is InChI=1S/C22H22FN3O4S/c1-13-9-16(10-14(2)26(13)28)24-21(27)18-7-8-20(23)25-22(18)31-12-15-5-6-17(29-3)11-19(15)30-4/h5-11,28H,12H2,1-4H3. The number of hydrogen-bond acceptors (Lipinski definition) is 6. The first kappa shape index (κ1) is 22.4. The van der Waals surface area contributed by atoms with Gasteiger partial charge in [0.25, 0.3) is 5.91 Å². The molecular formula is C22H22FN3O4S. The number of aryl methyl sites for hydroxylation is 2. The largest absolute Gasteiger partial charge is 0.497 e. The maximum Gasteiger partial charge on any atom is 0.280 e. The zero-order chi connectivity index (χ0) is 22.5. The monoisotopic (exact) mass is 443 g/mol. The second-order valence-corrected chi connectivity index (χ2v) is 7.64. The van der Waals surface area contributed by atoms with E-state index < -0.39 is 11.9 Å². The van der Waals surface area contributed by atoms with E-state index in [1.807, 2.05) is 6.07 Å². The van der Waals surface area contributed by atoms with Gasteiger partial charge in [-0.25, -0.2) is 9.98 Å². The number of ether oxygens (including phenoxy) is 2. The fourth-order valence-corrected chi connectivity index (χ4v) is 3.91. The van der Waals surface area contributed by atoms with Gasteiger partial charge in [-0.05, 0) is 44.2 Å². The molecule has 2 heterocycles. The maximum atomic E-state index is 13.8. The molecule has 0 radical (unpaired) electrons. The average molecular weight is 444 g/mol. The molecule has 162 valence electrons. The Bertz CT molecular complexity index is 1170. The van der Waals surface area contributed by atoms with Crippen molar-refractivity contribution >= 4 is 17.7 Å². The van der Waals surface area contributed by atoms with Crippen LogP contribution in [0.25, 0.3) is 0 Å². The number of hydrogen-bond donors (Lipinski definition) is 1. The van der Waals surface area contributed by atoms with Gasteiger partial charge < -0.3 is 14.7 Å². The van der Waals surface area contributed by atoms with E-state index in [0.717, 1.165) is 16.4 Å². The molecule has 0 aliphatic rings. The smallest absolute Gasteiger partial charge is 0.280 e. The summed E-state index contributed by atoms with van der Waals surface area (Å²) in [6.07, 6.45) is 0. The molecule has 1 aromatic carbocycles. The second kappa shape index (κ2) is 9.65. The third kappa shape index (κ3) is 5.24. The van der Waals surface area contributed by atoms with Crippen molar-refractivity contribution < 1.29 is 23.9 Å². The molecule has 0 atom stereocenters. The number of aromatic nitrogens is 2. The summed E-state index contributed by atoms with van der Waals surface area (Å²) in [5.41, 5.74) is 2.10. The van der Waals surface area contributed by atoms with E-state index >= 15 is 0 Å². The molecule has 0 bridgehead atoms. The van der Waals surface area contributed by atoms with Crippen LogP contribution in [0.3, 0.4) is 0 Å². The summed E-state index contributed by atoms with van der Waals surface area (Å²) >= 11 is 1.21. The lowest BCUT2D eigenvalue weighted by atomic mass is 10.2. The van der Waals surface area contributed by atoms with Crippen molar-refractivity contribution in [1.29, 1.82) is 0 Å². The summed E-state index contributed by atoms with van der Waals surface area (Å²) in [6, 6.07) is 11.1. The van der Waals surface area contributed by atoms with Crippen LogP contribution >= 0.6 is 11.8 Å². The molecule has 0 saturated heterocycles. The molecule has 9 heteroatoms. The Labute approximate surface area is 183 Å². The highest BCUT2D eigenvalue weighted by Crippen LogP contribution is 2.31. The zero-order valence-electron chi connectivity index (χ0n) is 17.5. The summed E-state index contributed by atoms with van der Waals surface area (Å²) in [4.78, 5) is 20.8. The number of halogens is 1. The Morgan fingerprint density at radius 2 is 1.84 bits per heavy atom. The molecule has 3 rings (SSSR count). The first-order valence-corrected chi connectivity index (χ1v) is 10.3. The molecule has 2 aromatic heterocycles. The van der Waals surface area contributed by atoms with Gasteiger partial charge in [-0.3, -0.25) is 4.79 Å². The molecule has 1 N–H and O–H groups in total. The van der Waals surface area contributed by atoms with E-state index in [-0.39, 0.29) is 10.6 Å². The van der Waals surface area contributed by atoms with Gasteiger partial charge in [-0.1, -0.05) is 6.07 Å². The number of nitrogens with zero attached hydrogens (tertiary/aromatic N) is 3. The summed E-state index contributed by atoms with van der Waals surface area (Å²) < 4.78 is 25.4. The Morgan fingerprint density at radius 1 is 1.13 bits per heavy atom. The zero-order valence-corrected chi connectivity index (χ0v) is 18.4. The number of carbonyl (C=O) groups excluding carboxylic acids is 1. The van der Waals surface area contributed by atoms with Gasteiger partial charge in [0.15, 0.2) is 0 Å². The summed E-state index contributed by atoms with van der Waals surface area (Å²) in [5.74, 6) is 0.438. The number of pyridine rings is 2. The van der Waals surface area contributed by atoms with E-state index in [0.29, 0.717) is 34.0 Å². The van der Waals surface area contributed by atoms with Crippen LogP contribution in [0, 0.1) is 19.8 Å². The van der Waals surface area contributed by atoms with Crippen LogP contribution in [-0.4, -0.2) is 35.0 Å². The molecule has 0 spiro atoms. The van der Waals surface area contributed by atoms with Crippen LogP contribution in [-0.2, 0) is 5.75 Å². The Hall–Kier alpha value is -3.33. The molecule has 0 aliphatic heterocycles. The van der Waals surface area contributed by atoms with Crippen LogP contribution in [0.1, 0.15) is 27.3 Å². The van der Waals surface area contributed by atoms with Gasteiger partial charge in [-0.2, -0.15) is 9.12 Å². The van der Waals surface area contributed by atoms with Crippen molar-refractivity contribution in [3.8, 4) is 11.5 Å². The third-order valence-corrected chi connectivity index (χ3v) is 5.57. The van der Waals surface area contributed by atoms with E-state index in [4.69, 9.17) is 9.47 Å². The van der Waals surface area contributed by atoms with E-state index in [1.165, 1.54) is 17.8 Å². The van der Waals surface area contributed by atoms with Gasteiger partial charge in [0.05, 0.1) is 36.5 Å². The quantitative estimate of drug-likeness (QED) is 0.353. The predicted molar refractivity (Wildman–Crippen MR) is 114 cm³/mol. The first-order valence-electron chi connectivity index (χ1n) is 9.31. The molecule has 0 aliphatic carbocycles. The van der Waals surface area contributed by atoms with Crippen LogP contribution in [0.4, 0.5) is 4.39 Å². The molecule has 0 unspecified atom stereocenters. The van der Waals surface area contributed by atoms with Crippen molar-refractivity contribution in [3.05, 3.63) is 76.3 Å². The Morgan fingerprint density at radius 3 is 2.48 bits per heavy atom. The molecule has 31 heavy (non-hydrogen) atoms. The van der Waals surface area contributed by atoms with Gasteiger partial charge in [0.1, 0.15) is 16.5 Å². The Balaban J connectivity index is 1.91. The van der Waals surface area contributed by atoms with Crippen molar-refractivity contribution in [2.45, 2.75) is 24.6 Å². The molecule has 7 nitrogen and oxygen atoms in total. The number of carbonyl (C=O) groups is 1. The lowest BCUT2D eigenvalue weighted by Crippen LogP contribution is -2.14. The number of thioether (sulfide) groups is 1. The lowest BCUT2D eigenvalue weighted by molar-refractivity contribution is 0.0994. The van der Waals surface area contributed by atoms with E-state index in [9.17, 15) is 14.4 Å². The van der Waals surface area contributed by atoms with Crippen LogP contribution < -0.4 is 14.8 Å². The number of amides is 1. The minimum Gasteiger partial charge on any atom is -0.497 e. The fraction of sp³-hybridized carbons (Fsp3) is 0.227. The predicted octanol–water partition coefficient (Wildman–Crippen LogP) is 3.93. The van der Waals surface area contributed by atoms with Crippen molar-refractivity contribution in [2.75, 3.05) is 14.2 Å². The molecular weight excluding hydrogens is 421 g/mol. The molecule has 1 amide bonds. The van der Waals surface area contributed by atoms with Crippen LogP contribution in [0.2, 0.25) is 0 Å². The van der Waals surface area contributed by atoms with Crippen LogP contribution in [0.5, 0.6) is 11.5 Å². The van der Waals surface area contributed by atoms with Gasteiger partial charge in [-0.15, -0.1) is 11.8 Å². The fourth-order valence-electron chi connectivity index (χ4n) is 2.92. The Kier molecular flexibility index (Phi) is 6.96. The minimum atomic E-state index is -0.687. The van der Waals surface area contributed by atoms with Crippen molar-refractivity contribution in [2.24, 2.45) is 4.99 Å². The summed E-state index contributed by atoms with van der Waals surface area (Å²) in [7, 11) is 3.12. The first-order chi connectivity index (χ1) is 14.8. The van der Waals surface area contributed by atoms with Crippen molar-refractivity contribution in [3.63, 3.8) is 0 Å². The lowest BCUT2D eigenvalue weighted by Gasteiger charge is -2.11. The molecule has 0 fully saturated rings. The molecule has 0 saturated carbocycles. The highest BCUT2D eigenvalue weighted by molar-refractivity contribution is 7.98. The van der Waals surface area contributed by atoms with Gasteiger partial charge in [0.2, 0.25) is 5.95 Å². The highest BCUT2D eigenvalue weighted by Gasteiger charge is 2.15. The topological polar surface area (TPSA) is 85.9 Å². The maximum absolute atomic E-state index is 13.8. The number of methoxy groups -OCH3 is 2. The van der Waals surface area contributed by atoms with Gasteiger partial charge >= 0.3 is 0 Å². The summed E-state index contributed by atoms with van der Waals surface area (Å²) in [6.45, 7) is 3.39. The molecule has 3 aromatic rings. The highest BCUT2D eigenvalue weighted by atomic mass is 32.2. The second-order valence-electron chi connectivity index (χ2n) is 6.68. The minimum absolute atomic E-state index is 0.190. The summed E-state index contributed by atoms with van der Waals surface area (Å²) in [5, 5.41) is 10.4. The third-order valence-electron chi connectivity index (χ3n) is 4.53. The van der Waals surface area contributed by atoms with Crippen LogP contribution in [0.15, 0.2) is 52.5 Å².